The summed E-state index contributed by atoms with van der Waals surface area (Å²) in [5.41, 5.74) is -2.15. The molecule has 7 aliphatic rings. The van der Waals surface area contributed by atoms with Gasteiger partial charge in [-0.25, -0.2) is 9.59 Å². The molecule has 7 aliphatic heterocycles. The first-order chi connectivity index (χ1) is 53.5. The molecule has 0 aliphatic carbocycles. The number of ketones is 4. The number of aliphatic hydroxyl groups excluding tert-OH is 19. The Hall–Kier alpha value is -5.82. The fourth-order valence-electron chi connectivity index (χ4n) is 12.3. The van der Waals surface area contributed by atoms with E-state index in [4.69, 9.17) is 58.3 Å². The van der Waals surface area contributed by atoms with E-state index in [2.05, 4.69) is 4.74 Å². The van der Waals surface area contributed by atoms with Crippen molar-refractivity contribution >= 4 is 58.9 Å². The van der Waals surface area contributed by atoms with E-state index >= 15 is 0 Å². The molecule has 0 bridgehead atoms. The molecular weight excluding hydrogens is 1590 g/mol. The summed E-state index contributed by atoms with van der Waals surface area (Å²) < 4.78 is 48.4. The molecule has 117 heavy (non-hydrogen) atoms. The van der Waals surface area contributed by atoms with E-state index < -0.39 is 277 Å². The Kier molecular flexibility index (Phi) is 45.5. The zero-order chi connectivity index (χ0) is 89.9. The average Bonchev–Trinajstić information content (AvgIpc) is 0.760. The summed E-state index contributed by atoms with van der Waals surface area (Å²) in [5.74, 6) is -5.71. The Morgan fingerprint density at radius 1 is 0.402 bits per heavy atom. The van der Waals surface area contributed by atoms with Crippen LogP contribution in [0.5, 0.6) is 5.88 Å². The van der Waals surface area contributed by atoms with Gasteiger partial charge in [-0.1, -0.05) is 34.6 Å². The Morgan fingerprint density at radius 2 is 0.709 bits per heavy atom. The van der Waals surface area contributed by atoms with Crippen molar-refractivity contribution in [1.29, 1.82) is 0 Å². The summed E-state index contributed by atoms with van der Waals surface area (Å²) >= 11 is 0. The molecule has 668 valence electrons. The van der Waals surface area contributed by atoms with Crippen LogP contribution in [0.25, 0.3) is 0 Å². The minimum absolute atomic E-state index is 0. The number of Topliss-reactive ketones (excluding diaryl/α,β-unsaturated/α-hetero) is 4. The first-order valence-electron chi connectivity index (χ1n) is 37.1. The molecule has 0 saturated carbocycles. The van der Waals surface area contributed by atoms with E-state index in [1.165, 1.54) is 83.6 Å². The third-order valence-corrected chi connectivity index (χ3v) is 20.0. The zero-order valence-corrected chi connectivity index (χ0v) is 70.4. The molecule has 7 saturated heterocycles. The van der Waals surface area contributed by atoms with Gasteiger partial charge in [0, 0.05) is 80.6 Å². The van der Waals surface area contributed by atoms with E-state index in [-0.39, 0.29) is 73.4 Å². The predicted molar refractivity (Wildman–Crippen MR) is 384 cm³/mol. The molecule has 4 amide bonds. The fourth-order valence-corrected chi connectivity index (χ4v) is 12.3. The van der Waals surface area contributed by atoms with Crippen molar-refractivity contribution < 1.29 is 222 Å². The van der Waals surface area contributed by atoms with E-state index in [0.29, 0.717) is 0 Å². The Bertz CT molecular complexity index is 3390. The molecule has 10 unspecified atom stereocenters. The van der Waals surface area contributed by atoms with Crippen LogP contribution in [-0.2, 0) is 99.9 Å². The third kappa shape index (κ3) is 28.1. The second kappa shape index (κ2) is 48.7. The molecule has 7 fully saturated rings. The number of ether oxygens (including phenoxy) is 9. The summed E-state index contributed by atoms with van der Waals surface area (Å²) in [6.45, 7) is 20.9. The van der Waals surface area contributed by atoms with Crippen LogP contribution in [0.2, 0.25) is 0 Å². The predicted octanol–water partition coefficient (Wildman–Crippen LogP) is -13.3. The van der Waals surface area contributed by atoms with Gasteiger partial charge in [-0.2, -0.15) is 0 Å². The van der Waals surface area contributed by atoms with Gasteiger partial charge >= 0.3 is 59.2 Å². The quantitative estimate of drug-likeness (QED) is 0.0316. The van der Waals surface area contributed by atoms with Crippen LogP contribution in [0, 0.1) is 5.92 Å². The average molecular weight is 1710 g/mol. The molecular formula is C71H117N4NaO41. The van der Waals surface area contributed by atoms with Gasteiger partial charge in [0.05, 0.1) is 42.2 Å². The molecule has 46 heteroatoms. The molecule has 45 nitrogen and oxygen atoms in total. The largest absolute Gasteiger partial charge is 1.00 e. The molecule has 0 aromatic carbocycles. The van der Waals surface area contributed by atoms with Gasteiger partial charge < -0.3 is 149 Å². The van der Waals surface area contributed by atoms with E-state index in [9.17, 15) is 139 Å². The Morgan fingerprint density at radius 3 is 1.04 bits per heavy atom. The van der Waals surface area contributed by atoms with Crippen molar-refractivity contribution in [2.24, 2.45) is 20.0 Å². The molecule has 1 aromatic heterocycles. The monoisotopic (exact) mass is 1700 g/mol. The SMILES string of the molecule is CCC(=O)C(O)C1O[C@@H](C)[C@H](O)[C@@H](O)[C@H]1O.CCC(=O)C(O)C1O[C@@H](C)[C@H](O)[C@@H](O)[C@H]1O.CCC(=O)C(O)C1O[C@@H](C)[C@H](O)[C@@H](O)[C@H]1O.CCC(=O)C(OC(C)=O)C1O[C@@H](C)[C@H](C)[C@@H](OC(C)=O)[C@H]1OC(C)=O.CN1C(=O)CC(=O)N(C)C1=O.C[C@@H]1OC(O)[C@H](O)[C@H](O)[C@H]1O.C[C@@H]1OC(c2c([O-])n(C)c(=O)n(C)c2=O)[C@H](O)[C@H](O)[C@H]1O.[Na+]. The van der Waals surface area contributed by atoms with E-state index in [0.717, 1.165) is 18.9 Å². The number of urea groups is 1. The number of carbonyl (C=O) groups is 10. The van der Waals surface area contributed by atoms with Gasteiger partial charge in [-0.15, -0.1) is 0 Å². The van der Waals surface area contributed by atoms with Crippen molar-refractivity contribution in [2.45, 2.75) is 331 Å². The van der Waals surface area contributed by atoms with Crippen LogP contribution in [-0.4, -0.2) is 384 Å². The second-order valence-electron chi connectivity index (χ2n) is 28.5. The maximum Gasteiger partial charge on any atom is 1.00 e. The number of hydrogen-bond acceptors (Lipinski definition) is 41. The number of nitrogens with zero attached hydrogens (tertiary/aromatic N) is 4. The van der Waals surface area contributed by atoms with Gasteiger partial charge in [0.1, 0.15) is 153 Å². The van der Waals surface area contributed by atoms with Crippen LogP contribution < -0.4 is 45.9 Å². The number of esters is 3. The van der Waals surface area contributed by atoms with E-state index in [1.54, 1.807) is 41.5 Å². The van der Waals surface area contributed by atoms with Gasteiger partial charge in [0.25, 0.3) is 5.56 Å². The Balaban J connectivity index is 0.000000692. The number of imide groups is 2. The van der Waals surface area contributed by atoms with Gasteiger partial charge in [-0.3, -0.25) is 62.3 Å². The summed E-state index contributed by atoms with van der Waals surface area (Å²) in [7, 11) is 5.09. The zero-order valence-electron chi connectivity index (χ0n) is 68.4. The van der Waals surface area contributed by atoms with Crippen LogP contribution in [0.4, 0.5) is 4.79 Å². The van der Waals surface area contributed by atoms with Gasteiger partial charge in [0.15, 0.2) is 41.6 Å². The standard InChI is InChI=1S/C17H26O8.C12H18N2O7.3C10H18O6.C6H8N2O3.C6H12O5.Na/c1-7-13(21)15(24-11(5)19)17-16(25-12(6)20)14(23-10(4)18)8(2)9(3)22-17;1-4-6(15)7(16)8(17)9(21-4)5-10(18)13(2)12(20)14(3)11(5)19;3*1-3-5(11)7(13)10-9(15)8(14)6(12)4(2)16-10;1-7-4(9)3-5(10)8(2)6(7)11;1-2-3(7)4(8)5(9)6(10)11-2;/h8-9,14-17H,7H2,1-6H3;4,6-9,15-18H,1-3H3;3*4,6-10,12-15H,3H2,1-2H3;3H2,1-2H3;2-10H,1H3;/q;;;;;;;+1/p-1/t8-,9-,14+,15?,16+,17?;4-,6-,7+,8+,9?;3*4-,6-,7?,8+,9+,10?;;2-,3-,4+,5+,6?;/m00000.0./s1. The molecule has 1 aromatic rings. The maximum absolute atomic E-state index is 12.3. The van der Waals surface area contributed by atoms with Crippen molar-refractivity contribution in [3.8, 4) is 5.88 Å². The fraction of sp³-hybridized carbons (Fsp3) is 0.803. The minimum atomic E-state index is -1.66. The number of aliphatic hydroxyl groups is 19. The normalized spacial score (nSPS) is 36.3. The molecule has 0 spiro atoms. The van der Waals surface area contributed by atoms with E-state index in [1.807, 2.05) is 0 Å². The summed E-state index contributed by atoms with van der Waals surface area (Å²) in [6.07, 6.45) is -39.9. The van der Waals surface area contributed by atoms with Crippen LogP contribution >= 0.6 is 0 Å². The summed E-state index contributed by atoms with van der Waals surface area (Å²) in [6, 6.07) is -0.564. The van der Waals surface area contributed by atoms with Crippen molar-refractivity contribution in [3.05, 3.63) is 26.4 Å². The molecule has 8 heterocycles. The topological polar surface area (TPSA) is 712 Å². The van der Waals surface area contributed by atoms with Crippen LogP contribution in [0.15, 0.2) is 9.59 Å². The number of barbiturate groups is 1. The number of carbonyl (C=O) groups excluding carboxylic acids is 10. The number of aromatic nitrogens is 2. The molecule has 8 rings (SSSR count). The molecule has 34 atom stereocenters. The first-order valence-corrected chi connectivity index (χ1v) is 37.1. The second-order valence-corrected chi connectivity index (χ2v) is 28.5. The molecule has 19 N–H and O–H groups in total. The van der Waals surface area contributed by atoms with Crippen LogP contribution in [0.3, 0.4) is 0 Å². The Labute approximate surface area is 694 Å². The minimum Gasteiger partial charge on any atom is -0.860 e. The molecule has 0 radical (unpaired) electrons. The van der Waals surface area contributed by atoms with Crippen molar-refractivity contribution in [1.82, 2.24) is 18.9 Å². The summed E-state index contributed by atoms with van der Waals surface area (Å²) in [5, 5.41) is 192. The number of amides is 4. The van der Waals surface area contributed by atoms with Crippen molar-refractivity contribution in [2.75, 3.05) is 14.1 Å². The number of rotatable bonds is 16. The smallest absolute Gasteiger partial charge is 0.860 e. The van der Waals surface area contributed by atoms with Gasteiger partial charge in [-0.05, 0) is 47.4 Å². The summed E-state index contributed by atoms with van der Waals surface area (Å²) in [4.78, 5) is 139. The third-order valence-electron chi connectivity index (χ3n) is 20.0. The number of hydrogen-bond donors (Lipinski definition) is 19. The van der Waals surface area contributed by atoms with Crippen molar-refractivity contribution in [3.63, 3.8) is 0 Å². The maximum atomic E-state index is 12.3. The first kappa shape index (κ1) is 109. The van der Waals surface area contributed by atoms with Gasteiger partial charge in [0.2, 0.25) is 11.8 Å². The van der Waals surface area contributed by atoms with Crippen LogP contribution in [0.1, 0.15) is 141 Å².